The van der Waals surface area contributed by atoms with E-state index in [1.54, 1.807) is 0 Å². The van der Waals surface area contributed by atoms with Crippen LogP contribution >= 0.6 is 0 Å². The lowest BCUT2D eigenvalue weighted by atomic mass is 10.4. The van der Waals surface area contributed by atoms with Crippen molar-refractivity contribution in [2.75, 3.05) is 6.61 Å². The van der Waals surface area contributed by atoms with Crippen molar-refractivity contribution in [3.63, 3.8) is 0 Å². The molecule has 0 aromatic rings. The second-order valence-electron chi connectivity index (χ2n) is 2.49. The molecule has 4 radical (unpaired) electrons. The second kappa shape index (κ2) is 3.53. The van der Waals surface area contributed by atoms with Gasteiger partial charge in [-0.2, -0.15) is 0 Å². The van der Waals surface area contributed by atoms with Gasteiger partial charge in [-0.25, -0.2) is 0 Å². The Morgan fingerprint density at radius 3 is 2.67 bits per heavy atom. The molecule has 0 aromatic heterocycles. The van der Waals surface area contributed by atoms with E-state index in [2.05, 4.69) is 17.2 Å². The molecular weight excluding hydrogens is 144 g/mol. The molecule has 1 aliphatic heterocycles. The van der Waals surface area contributed by atoms with Crippen molar-refractivity contribution in [3.05, 3.63) is 0 Å². The quantitative estimate of drug-likeness (QED) is 0.520. The molecule has 0 aliphatic carbocycles. The summed E-state index contributed by atoms with van der Waals surface area (Å²) >= 11 is 0. The topological polar surface area (TPSA) is 9.23 Å². The van der Waals surface area contributed by atoms with Gasteiger partial charge in [-0.05, 0) is 17.6 Å². The van der Waals surface area contributed by atoms with E-state index < -0.39 is 9.04 Å². The van der Waals surface area contributed by atoms with Gasteiger partial charge in [-0.1, -0.05) is 13.3 Å². The van der Waals surface area contributed by atoms with E-state index in [9.17, 15) is 0 Å². The van der Waals surface area contributed by atoms with Crippen molar-refractivity contribution in [3.8, 4) is 0 Å². The van der Waals surface area contributed by atoms with Crippen LogP contribution in [0.3, 0.4) is 0 Å². The molecule has 1 rings (SSSR count). The van der Waals surface area contributed by atoms with Gasteiger partial charge in [0, 0.05) is 16.8 Å². The van der Waals surface area contributed by atoms with Crippen LogP contribution in [0.2, 0.25) is 11.2 Å². The lowest BCUT2D eigenvalue weighted by Crippen LogP contribution is -2.27. The molecular formula is C6H12OSi2. The Labute approximate surface area is 61.9 Å². The fourth-order valence-electron chi connectivity index (χ4n) is 1.02. The van der Waals surface area contributed by atoms with Gasteiger partial charge in [0.05, 0.1) is 0 Å². The molecule has 0 spiro atoms. The van der Waals surface area contributed by atoms with Crippen molar-refractivity contribution < 1.29 is 4.43 Å². The van der Waals surface area contributed by atoms with Gasteiger partial charge in [-0.15, -0.1) is 0 Å². The van der Waals surface area contributed by atoms with E-state index in [0.29, 0.717) is 5.16 Å². The lowest BCUT2D eigenvalue weighted by molar-refractivity contribution is 0.285. The third kappa shape index (κ3) is 2.23. The van der Waals surface area contributed by atoms with Crippen LogP contribution in [0.25, 0.3) is 0 Å². The van der Waals surface area contributed by atoms with Gasteiger partial charge in [0.15, 0.2) is 0 Å². The molecule has 1 nitrogen and oxygen atoms in total. The molecule has 1 aliphatic rings. The summed E-state index contributed by atoms with van der Waals surface area (Å²) in [7, 11) is 3.15. The fraction of sp³-hybridized carbons (Fsp3) is 1.00. The minimum Gasteiger partial charge on any atom is -0.417 e. The highest BCUT2D eigenvalue weighted by atomic mass is 28.3. The summed E-state index contributed by atoms with van der Waals surface area (Å²) in [5.74, 6) is 0. The van der Waals surface area contributed by atoms with Gasteiger partial charge in [0.1, 0.15) is 0 Å². The summed E-state index contributed by atoms with van der Waals surface area (Å²) in [6, 6.07) is 1.33. The summed E-state index contributed by atoms with van der Waals surface area (Å²) in [5, 5.41) is 0.621. The van der Waals surface area contributed by atoms with Crippen molar-refractivity contribution in [2.45, 2.75) is 31.0 Å². The maximum absolute atomic E-state index is 5.59. The molecule has 1 heterocycles. The third-order valence-electron chi connectivity index (χ3n) is 1.59. The average Bonchev–Trinajstić information content (AvgIpc) is 1.90. The first-order valence-corrected chi connectivity index (χ1v) is 5.77. The highest BCUT2D eigenvalue weighted by molar-refractivity contribution is 6.62. The van der Waals surface area contributed by atoms with E-state index in [-0.39, 0.29) is 0 Å². The summed E-state index contributed by atoms with van der Waals surface area (Å²) in [6.45, 7) is 3.19. The van der Waals surface area contributed by atoms with E-state index in [1.165, 1.54) is 18.9 Å². The second-order valence-corrected chi connectivity index (χ2v) is 6.52. The Morgan fingerprint density at radius 2 is 2.33 bits per heavy atom. The molecule has 1 fully saturated rings. The Hall–Kier alpha value is 0.394. The predicted molar refractivity (Wildman–Crippen MR) is 40.9 cm³/mol. The van der Waals surface area contributed by atoms with Crippen molar-refractivity contribution >= 4 is 19.3 Å². The molecule has 1 unspecified atom stereocenters. The molecule has 3 heteroatoms. The minimum absolute atomic E-state index is 0.452. The standard InChI is InChI=1S/C6H12OSi2/c1-6(8)9-5-3-2-4-7-9/h6H,2-5H2,1H3. The highest BCUT2D eigenvalue weighted by Gasteiger charge is 2.20. The monoisotopic (exact) mass is 156 g/mol. The molecule has 0 aromatic carbocycles. The first-order chi connectivity index (χ1) is 4.30. The summed E-state index contributed by atoms with van der Waals surface area (Å²) in [6.07, 6.45) is 2.65. The molecule has 0 bridgehead atoms. The number of hydrogen-bond acceptors (Lipinski definition) is 1. The highest BCUT2D eigenvalue weighted by Crippen LogP contribution is 2.18. The van der Waals surface area contributed by atoms with Crippen LogP contribution in [0.1, 0.15) is 19.8 Å². The molecule has 1 saturated heterocycles. The van der Waals surface area contributed by atoms with Crippen LogP contribution in [0.4, 0.5) is 0 Å². The predicted octanol–water partition coefficient (Wildman–Crippen LogP) is 1.30. The van der Waals surface area contributed by atoms with E-state index >= 15 is 0 Å². The molecule has 1 atom stereocenters. The maximum Gasteiger partial charge on any atom is 0.210 e. The van der Waals surface area contributed by atoms with Crippen LogP contribution in [-0.4, -0.2) is 25.9 Å². The first kappa shape index (κ1) is 7.50. The van der Waals surface area contributed by atoms with Gasteiger partial charge >= 0.3 is 0 Å². The molecule has 0 saturated carbocycles. The largest absolute Gasteiger partial charge is 0.417 e. The Balaban J connectivity index is 2.23. The zero-order valence-electron chi connectivity index (χ0n) is 5.81. The average molecular weight is 156 g/mol. The van der Waals surface area contributed by atoms with E-state index in [0.717, 1.165) is 6.61 Å². The van der Waals surface area contributed by atoms with Crippen molar-refractivity contribution in [1.82, 2.24) is 0 Å². The molecule has 0 amide bonds. The third-order valence-corrected chi connectivity index (χ3v) is 4.94. The smallest absolute Gasteiger partial charge is 0.210 e. The van der Waals surface area contributed by atoms with Crippen molar-refractivity contribution in [2.24, 2.45) is 0 Å². The normalized spacial score (nSPS) is 26.0. The van der Waals surface area contributed by atoms with Crippen LogP contribution < -0.4 is 0 Å². The summed E-state index contributed by atoms with van der Waals surface area (Å²) in [4.78, 5) is 0. The van der Waals surface area contributed by atoms with Gasteiger partial charge in [-0.3, -0.25) is 0 Å². The van der Waals surface area contributed by atoms with Crippen LogP contribution in [0, 0.1) is 0 Å². The molecule has 50 valence electrons. The van der Waals surface area contributed by atoms with Gasteiger partial charge in [0.2, 0.25) is 9.04 Å². The van der Waals surface area contributed by atoms with E-state index in [1.807, 2.05) is 0 Å². The Bertz CT molecular complexity index is 79.1. The lowest BCUT2D eigenvalue weighted by Gasteiger charge is -2.22. The van der Waals surface area contributed by atoms with Gasteiger partial charge in [0.25, 0.3) is 0 Å². The Kier molecular flexibility index (Phi) is 2.95. The maximum atomic E-state index is 5.59. The summed E-state index contributed by atoms with van der Waals surface area (Å²) < 4.78 is 5.59. The zero-order chi connectivity index (χ0) is 6.69. The minimum atomic E-state index is -0.452. The first-order valence-electron chi connectivity index (χ1n) is 3.50. The van der Waals surface area contributed by atoms with Crippen LogP contribution in [0.15, 0.2) is 0 Å². The number of hydrogen-bond donors (Lipinski definition) is 0. The molecule has 9 heavy (non-hydrogen) atoms. The Morgan fingerprint density at radius 1 is 1.56 bits per heavy atom. The van der Waals surface area contributed by atoms with Crippen molar-refractivity contribution in [1.29, 1.82) is 0 Å². The van der Waals surface area contributed by atoms with E-state index in [4.69, 9.17) is 4.43 Å². The fourth-order valence-corrected chi connectivity index (χ4v) is 3.53. The number of rotatable bonds is 1. The van der Waals surface area contributed by atoms with Crippen LogP contribution in [-0.2, 0) is 4.43 Å². The van der Waals surface area contributed by atoms with Gasteiger partial charge < -0.3 is 4.43 Å². The zero-order valence-corrected chi connectivity index (χ0v) is 7.81. The van der Waals surface area contributed by atoms with Crippen LogP contribution in [0.5, 0.6) is 0 Å². The summed E-state index contributed by atoms with van der Waals surface area (Å²) in [5.41, 5.74) is 0. The SMILES string of the molecule is CC([Si])[Si]1CCCCO1. The molecule has 0 N–H and O–H groups in total.